The molecule has 0 spiro atoms. The van der Waals surface area contributed by atoms with Gasteiger partial charge in [0.25, 0.3) is 17.1 Å². The molecule has 0 saturated carbocycles. The van der Waals surface area contributed by atoms with E-state index in [1.807, 2.05) is 49.4 Å². The molecule has 2 saturated heterocycles. The van der Waals surface area contributed by atoms with Crippen LogP contribution >= 0.6 is 11.8 Å². The Morgan fingerprint density at radius 1 is 0.929 bits per heavy atom. The number of amides is 4. The number of hydrogen-bond acceptors (Lipinski definition) is 8. The molecule has 0 aliphatic carbocycles. The molecule has 2 aliphatic heterocycles. The highest BCUT2D eigenvalue weighted by Gasteiger charge is 2.36. The molecule has 0 unspecified atom stereocenters. The minimum Gasteiger partial charge on any atom is -0.484 e. The summed E-state index contributed by atoms with van der Waals surface area (Å²) in [5.74, 6) is -0.805. The monoisotopic (exact) mass is 586 g/mol. The molecule has 3 aromatic carbocycles. The molecule has 11 heteroatoms. The Morgan fingerprint density at radius 2 is 1.64 bits per heavy atom. The van der Waals surface area contributed by atoms with E-state index < -0.39 is 23.6 Å². The normalized spacial score (nSPS) is 16.1. The van der Waals surface area contributed by atoms with E-state index in [9.17, 15) is 19.2 Å². The minimum atomic E-state index is -0.533. The maximum Gasteiger partial charge on any atom is 0.294 e. The highest BCUT2D eigenvalue weighted by atomic mass is 32.2. The van der Waals surface area contributed by atoms with Gasteiger partial charge in [-0.25, -0.2) is 0 Å². The Bertz CT molecular complexity index is 1500. The number of benzene rings is 3. The van der Waals surface area contributed by atoms with Crippen LogP contribution < -0.4 is 20.3 Å². The molecule has 2 heterocycles. The van der Waals surface area contributed by atoms with E-state index >= 15 is 0 Å². The van der Waals surface area contributed by atoms with Gasteiger partial charge in [-0.3, -0.25) is 24.1 Å². The predicted molar refractivity (Wildman–Crippen MR) is 163 cm³/mol. The van der Waals surface area contributed by atoms with Crippen LogP contribution in [0.1, 0.15) is 11.1 Å². The van der Waals surface area contributed by atoms with Crippen molar-refractivity contribution in [3.05, 3.63) is 88.8 Å². The lowest BCUT2D eigenvalue weighted by Gasteiger charge is -2.30. The Hall–Kier alpha value is -4.61. The van der Waals surface area contributed by atoms with Gasteiger partial charge in [0.2, 0.25) is 5.91 Å². The van der Waals surface area contributed by atoms with Crippen molar-refractivity contribution in [3.8, 4) is 5.75 Å². The number of aryl methyl sites for hydroxylation is 1. The van der Waals surface area contributed by atoms with Gasteiger partial charge in [-0.15, -0.1) is 0 Å². The van der Waals surface area contributed by atoms with Crippen LogP contribution in [-0.4, -0.2) is 67.3 Å². The first kappa shape index (κ1) is 28.9. The molecule has 0 aromatic heterocycles. The number of nitrogens with zero attached hydrogens (tertiary/aromatic N) is 2. The molecular formula is C31H30N4O6S. The average Bonchev–Trinajstić information content (AvgIpc) is 3.25. The Kier molecular flexibility index (Phi) is 9.20. The summed E-state index contributed by atoms with van der Waals surface area (Å²) in [5, 5.41) is 5.10. The zero-order chi connectivity index (χ0) is 29.5. The fourth-order valence-electron chi connectivity index (χ4n) is 4.42. The average molecular weight is 587 g/mol. The number of hydrogen-bond donors (Lipinski definition) is 2. The van der Waals surface area contributed by atoms with Crippen molar-refractivity contribution in [2.75, 3.05) is 55.0 Å². The van der Waals surface area contributed by atoms with Crippen molar-refractivity contribution in [3.63, 3.8) is 0 Å². The van der Waals surface area contributed by atoms with Gasteiger partial charge in [0.15, 0.2) is 6.61 Å². The van der Waals surface area contributed by atoms with E-state index in [2.05, 4.69) is 15.5 Å². The lowest BCUT2D eigenvalue weighted by atomic mass is 10.2. The maximum atomic E-state index is 13.0. The lowest BCUT2D eigenvalue weighted by Crippen LogP contribution is -2.38. The number of rotatable bonds is 9. The van der Waals surface area contributed by atoms with E-state index in [-0.39, 0.29) is 17.4 Å². The summed E-state index contributed by atoms with van der Waals surface area (Å²) in [4.78, 5) is 53.9. The summed E-state index contributed by atoms with van der Waals surface area (Å²) in [6, 6.07) is 21.7. The van der Waals surface area contributed by atoms with Gasteiger partial charge in [-0.1, -0.05) is 42.0 Å². The van der Waals surface area contributed by atoms with Crippen LogP contribution in [0.15, 0.2) is 77.7 Å². The molecule has 2 fully saturated rings. The predicted octanol–water partition coefficient (Wildman–Crippen LogP) is 4.52. The number of thioether (sulfide) groups is 1. The molecule has 216 valence electrons. The summed E-state index contributed by atoms with van der Waals surface area (Å²) in [6.45, 7) is 4.03. The van der Waals surface area contributed by atoms with Gasteiger partial charge in [-0.05, 0) is 66.7 Å². The molecule has 4 amide bonds. The molecular weight excluding hydrogens is 556 g/mol. The third-order valence-electron chi connectivity index (χ3n) is 6.59. The van der Waals surface area contributed by atoms with E-state index in [1.54, 1.807) is 36.4 Å². The molecule has 0 atom stereocenters. The van der Waals surface area contributed by atoms with E-state index in [1.165, 1.54) is 0 Å². The first-order valence-electron chi connectivity index (χ1n) is 13.4. The highest BCUT2D eigenvalue weighted by Crippen LogP contribution is 2.33. The van der Waals surface area contributed by atoms with Crippen molar-refractivity contribution in [1.29, 1.82) is 0 Å². The highest BCUT2D eigenvalue weighted by molar-refractivity contribution is 8.18. The number of anilines is 3. The van der Waals surface area contributed by atoms with Gasteiger partial charge in [-0.2, -0.15) is 0 Å². The summed E-state index contributed by atoms with van der Waals surface area (Å²) in [6.07, 6.45) is 1.59. The van der Waals surface area contributed by atoms with Gasteiger partial charge in [0.05, 0.1) is 29.5 Å². The van der Waals surface area contributed by atoms with Crippen LogP contribution in [0.5, 0.6) is 5.75 Å². The number of carbonyl (C=O) groups excluding carboxylic acids is 4. The van der Waals surface area contributed by atoms with Gasteiger partial charge < -0.3 is 25.0 Å². The fourth-order valence-corrected chi connectivity index (χ4v) is 5.26. The van der Waals surface area contributed by atoms with Crippen molar-refractivity contribution in [2.24, 2.45) is 0 Å². The van der Waals surface area contributed by atoms with Crippen molar-refractivity contribution in [1.82, 2.24) is 4.90 Å². The molecule has 5 rings (SSSR count). The third kappa shape index (κ3) is 7.36. The van der Waals surface area contributed by atoms with Crippen molar-refractivity contribution < 1.29 is 28.7 Å². The summed E-state index contributed by atoms with van der Waals surface area (Å²) in [7, 11) is 0. The molecule has 0 radical (unpaired) electrons. The van der Waals surface area contributed by atoms with Gasteiger partial charge in [0.1, 0.15) is 12.3 Å². The van der Waals surface area contributed by atoms with Crippen molar-refractivity contribution in [2.45, 2.75) is 6.92 Å². The van der Waals surface area contributed by atoms with Crippen LogP contribution in [-0.2, 0) is 19.1 Å². The zero-order valence-corrected chi connectivity index (χ0v) is 23.8. The lowest BCUT2D eigenvalue weighted by molar-refractivity contribution is -0.127. The Morgan fingerprint density at radius 3 is 2.38 bits per heavy atom. The quantitative estimate of drug-likeness (QED) is 0.352. The van der Waals surface area contributed by atoms with Crippen LogP contribution in [0.3, 0.4) is 0 Å². The molecule has 3 aromatic rings. The second kappa shape index (κ2) is 13.4. The van der Waals surface area contributed by atoms with Gasteiger partial charge >= 0.3 is 0 Å². The second-order valence-electron chi connectivity index (χ2n) is 9.70. The van der Waals surface area contributed by atoms with Gasteiger partial charge in [0, 0.05) is 18.8 Å². The topological polar surface area (TPSA) is 117 Å². The number of ether oxygens (including phenoxy) is 2. The van der Waals surface area contributed by atoms with Crippen LogP contribution in [0, 0.1) is 6.92 Å². The van der Waals surface area contributed by atoms with E-state index in [4.69, 9.17) is 9.47 Å². The van der Waals surface area contributed by atoms with Crippen LogP contribution in [0.2, 0.25) is 0 Å². The smallest absolute Gasteiger partial charge is 0.294 e. The molecule has 42 heavy (non-hydrogen) atoms. The second-order valence-corrected chi connectivity index (χ2v) is 10.7. The molecule has 10 nitrogen and oxygen atoms in total. The Balaban J connectivity index is 1.15. The Labute approximate surface area is 247 Å². The summed E-state index contributed by atoms with van der Waals surface area (Å²) < 4.78 is 11.0. The zero-order valence-electron chi connectivity index (χ0n) is 23.0. The molecule has 0 bridgehead atoms. The largest absolute Gasteiger partial charge is 0.484 e. The standard InChI is InChI=1S/C31H30N4O6S/c1-21-6-10-23(11-7-21)32-29(37)20-41-24-12-8-22(9-13-24)18-27-30(38)35(31(39)42-27)19-28(36)33-25-4-2-3-5-26(25)34-14-16-40-17-15-34/h2-13,18H,14-17,19-20H2,1H3,(H,32,37)(H,33,36)/b27-18+. The fraction of sp³-hybridized carbons (Fsp3) is 0.226. The van der Waals surface area contributed by atoms with E-state index in [0.29, 0.717) is 49.0 Å². The number of para-hydroxylation sites is 2. The number of carbonyl (C=O) groups is 4. The third-order valence-corrected chi connectivity index (χ3v) is 7.50. The number of nitrogens with one attached hydrogen (secondary N) is 2. The molecule has 2 aliphatic rings. The first-order valence-corrected chi connectivity index (χ1v) is 14.2. The number of morpholine rings is 1. The molecule has 2 N–H and O–H groups in total. The van der Waals surface area contributed by atoms with Crippen molar-refractivity contribution >= 4 is 57.9 Å². The minimum absolute atomic E-state index is 0.162. The van der Waals surface area contributed by atoms with Crippen LogP contribution in [0.4, 0.5) is 21.9 Å². The number of imide groups is 1. The summed E-state index contributed by atoms with van der Waals surface area (Å²) in [5.41, 5.74) is 3.93. The maximum absolute atomic E-state index is 13.0. The SMILES string of the molecule is Cc1ccc(NC(=O)COc2ccc(/C=C3/SC(=O)N(CC(=O)Nc4ccccc4N4CCOCC4)C3=O)cc2)cc1. The van der Waals surface area contributed by atoms with E-state index in [0.717, 1.165) is 27.9 Å². The first-order chi connectivity index (χ1) is 20.4. The van der Waals surface area contributed by atoms with Crippen LogP contribution in [0.25, 0.3) is 6.08 Å². The summed E-state index contributed by atoms with van der Waals surface area (Å²) >= 11 is 0.783.